The number of carboxylic acids is 1. The first kappa shape index (κ1) is 12.9. The minimum Gasteiger partial charge on any atom is -0.497 e. The third-order valence-electron chi connectivity index (χ3n) is 2.57. The monoisotopic (exact) mass is 262 g/mol. The van der Waals surface area contributed by atoms with E-state index in [0.717, 1.165) is 11.9 Å². The Bertz CT molecular complexity index is 617. The van der Waals surface area contributed by atoms with Gasteiger partial charge in [-0.3, -0.25) is 0 Å². The minimum atomic E-state index is -1.41. The van der Waals surface area contributed by atoms with Gasteiger partial charge in [-0.25, -0.2) is 19.2 Å². The van der Waals surface area contributed by atoms with Gasteiger partial charge < -0.3 is 9.84 Å². The standard InChI is InChI=1S/C13H11FN2O3/c1-19-9-4-2-3-8(5-9)6-10-11(14)12(13(17)18)16-7-15-10/h2-5,7H,6H2,1H3,(H,17,18). The van der Waals surface area contributed by atoms with Crippen LogP contribution < -0.4 is 4.74 Å². The maximum absolute atomic E-state index is 13.9. The lowest BCUT2D eigenvalue weighted by Crippen LogP contribution is -2.09. The van der Waals surface area contributed by atoms with Gasteiger partial charge in [0, 0.05) is 6.42 Å². The van der Waals surface area contributed by atoms with E-state index in [1.807, 2.05) is 0 Å². The highest BCUT2D eigenvalue weighted by atomic mass is 19.1. The molecule has 2 rings (SSSR count). The van der Waals surface area contributed by atoms with E-state index in [-0.39, 0.29) is 12.1 Å². The lowest BCUT2D eigenvalue weighted by atomic mass is 10.1. The summed E-state index contributed by atoms with van der Waals surface area (Å²) in [6.45, 7) is 0. The summed E-state index contributed by atoms with van der Waals surface area (Å²) in [6.07, 6.45) is 1.22. The van der Waals surface area contributed by atoms with Gasteiger partial charge >= 0.3 is 5.97 Å². The first-order chi connectivity index (χ1) is 9.11. The molecule has 0 bridgehead atoms. The summed E-state index contributed by atoms with van der Waals surface area (Å²) in [5.74, 6) is -1.67. The molecule has 1 heterocycles. The van der Waals surface area contributed by atoms with E-state index in [1.54, 1.807) is 24.3 Å². The van der Waals surface area contributed by atoms with Crippen molar-refractivity contribution in [2.45, 2.75) is 6.42 Å². The number of carboxylic acid groups (broad SMARTS) is 1. The Morgan fingerprint density at radius 3 is 2.89 bits per heavy atom. The molecule has 0 spiro atoms. The zero-order valence-corrected chi connectivity index (χ0v) is 10.1. The Balaban J connectivity index is 2.33. The van der Waals surface area contributed by atoms with Crippen molar-refractivity contribution in [3.63, 3.8) is 0 Å². The molecule has 2 aromatic rings. The molecule has 0 saturated heterocycles. The van der Waals surface area contributed by atoms with E-state index in [4.69, 9.17) is 9.84 Å². The zero-order chi connectivity index (χ0) is 13.8. The van der Waals surface area contributed by atoms with Crippen molar-refractivity contribution in [1.82, 2.24) is 9.97 Å². The van der Waals surface area contributed by atoms with Crippen LogP contribution in [0, 0.1) is 5.82 Å². The number of hydrogen-bond donors (Lipinski definition) is 1. The molecule has 6 heteroatoms. The summed E-state index contributed by atoms with van der Waals surface area (Å²) < 4.78 is 18.9. The molecule has 1 aromatic carbocycles. The molecule has 0 aliphatic heterocycles. The summed E-state index contributed by atoms with van der Waals surface area (Å²) in [5.41, 5.74) is 0.196. The Hall–Kier alpha value is -2.50. The summed E-state index contributed by atoms with van der Waals surface area (Å²) in [6, 6.07) is 7.06. The number of methoxy groups -OCH3 is 1. The van der Waals surface area contributed by atoms with E-state index in [0.29, 0.717) is 5.75 Å². The quantitative estimate of drug-likeness (QED) is 0.911. The highest BCUT2D eigenvalue weighted by Crippen LogP contribution is 2.17. The fourth-order valence-corrected chi connectivity index (χ4v) is 1.65. The van der Waals surface area contributed by atoms with Crippen LogP contribution in [-0.4, -0.2) is 28.2 Å². The van der Waals surface area contributed by atoms with Gasteiger partial charge in [-0.2, -0.15) is 0 Å². The van der Waals surface area contributed by atoms with Gasteiger partial charge in [-0.1, -0.05) is 12.1 Å². The number of nitrogens with zero attached hydrogens (tertiary/aromatic N) is 2. The first-order valence-corrected chi connectivity index (χ1v) is 5.47. The van der Waals surface area contributed by atoms with Crippen LogP contribution in [0.3, 0.4) is 0 Å². The molecular formula is C13H11FN2O3. The molecule has 1 aromatic heterocycles. The van der Waals surface area contributed by atoms with Crippen LogP contribution in [0.2, 0.25) is 0 Å². The maximum atomic E-state index is 13.9. The largest absolute Gasteiger partial charge is 0.497 e. The SMILES string of the molecule is COc1cccc(Cc2ncnc(C(=O)O)c2F)c1. The summed E-state index contributed by atoms with van der Waals surface area (Å²) >= 11 is 0. The van der Waals surface area contributed by atoms with Crippen molar-refractivity contribution in [2.75, 3.05) is 7.11 Å². The maximum Gasteiger partial charge on any atom is 0.357 e. The van der Waals surface area contributed by atoms with Crippen LogP contribution in [0.1, 0.15) is 21.7 Å². The molecule has 0 atom stereocenters. The second-order valence-electron chi connectivity index (χ2n) is 3.82. The summed E-state index contributed by atoms with van der Waals surface area (Å²) in [7, 11) is 1.53. The van der Waals surface area contributed by atoms with E-state index in [1.165, 1.54) is 7.11 Å². The second kappa shape index (κ2) is 5.43. The highest BCUT2D eigenvalue weighted by molar-refractivity contribution is 5.85. The van der Waals surface area contributed by atoms with Gasteiger partial charge in [0.2, 0.25) is 0 Å². The number of hydrogen-bond acceptors (Lipinski definition) is 4. The lowest BCUT2D eigenvalue weighted by Gasteiger charge is -2.06. The number of rotatable bonds is 4. The van der Waals surface area contributed by atoms with Crippen molar-refractivity contribution in [1.29, 1.82) is 0 Å². The second-order valence-corrected chi connectivity index (χ2v) is 3.82. The van der Waals surface area contributed by atoms with Gasteiger partial charge in [0.1, 0.15) is 12.1 Å². The van der Waals surface area contributed by atoms with Crippen molar-refractivity contribution in [3.8, 4) is 5.75 Å². The van der Waals surface area contributed by atoms with Gasteiger partial charge in [-0.05, 0) is 17.7 Å². The predicted molar refractivity (Wildman–Crippen MR) is 64.7 cm³/mol. The van der Waals surface area contributed by atoms with Crippen molar-refractivity contribution in [3.05, 3.63) is 53.4 Å². The molecule has 1 N–H and O–H groups in total. The van der Waals surface area contributed by atoms with Gasteiger partial charge in [0.05, 0.1) is 12.8 Å². The third-order valence-corrected chi connectivity index (χ3v) is 2.57. The fourth-order valence-electron chi connectivity index (χ4n) is 1.65. The molecule has 0 saturated carbocycles. The van der Waals surface area contributed by atoms with Crippen LogP contribution >= 0.6 is 0 Å². The number of aromatic nitrogens is 2. The molecule has 0 amide bonds. The van der Waals surface area contributed by atoms with Crippen molar-refractivity contribution < 1.29 is 19.0 Å². The topological polar surface area (TPSA) is 72.3 Å². The number of halogens is 1. The van der Waals surface area contributed by atoms with Crippen LogP contribution in [0.4, 0.5) is 4.39 Å². The molecule has 0 aliphatic carbocycles. The summed E-state index contributed by atoms with van der Waals surface area (Å²) in [5, 5.41) is 8.79. The van der Waals surface area contributed by atoms with Crippen LogP contribution in [0.5, 0.6) is 5.75 Å². The Morgan fingerprint density at radius 2 is 2.21 bits per heavy atom. The third kappa shape index (κ3) is 2.85. The average molecular weight is 262 g/mol. The van der Waals surface area contributed by atoms with E-state index in [2.05, 4.69) is 9.97 Å². The van der Waals surface area contributed by atoms with Crippen molar-refractivity contribution in [2.24, 2.45) is 0 Å². The molecule has 5 nitrogen and oxygen atoms in total. The van der Waals surface area contributed by atoms with E-state index >= 15 is 0 Å². The fraction of sp³-hybridized carbons (Fsp3) is 0.154. The Morgan fingerprint density at radius 1 is 1.42 bits per heavy atom. The van der Waals surface area contributed by atoms with Gasteiger partial charge in [-0.15, -0.1) is 0 Å². The van der Waals surface area contributed by atoms with Crippen molar-refractivity contribution >= 4 is 5.97 Å². The molecule has 0 radical (unpaired) electrons. The number of ether oxygens (including phenoxy) is 1. The normalized spacial score (nSPS) is 10.2. The Kier molecular flexibility index (Phi) is 3.70. The lowest BCUT2D eigenvalue weighted by molar-refractivity contribution is 0.0684. The molecule has 19 heavy (non-hydrogen) atoms. The molecule has 98 valence electrons. The van der Waals surface area contributed by atoms with E-state index < -0.39 is 17.5 Å². The highest BCUT2D eigenvalue weighted by Gasteiger charge is 2.17. The van der Waals surface area contributed by atoms with Crippen LogP contribution in [-0.2, 0) is 6.42 Å². The van der Waals surface area contributed by atoms with Crippen LogP contribution in [0.25, 0.3) is 0 Å². The number of carbonyl (C=O) groups is 1. The van der Waals surface area contributed by atoms with Gasteiger partial charge in [0.15, 0.2) is 11.5 Å². The molecular weight excluding hydrogens is 251 g/mol. The molecule has 0 fully saturated rings. The zero-order valence-electron chi connectivity index (χ0n) is 10.1. The number of aromatic carboxylic acids is 1. The number of benzene rings is 1. The Labute approximate surface area is 108 Å². The van der Waals surface area contributed by atoms with E-state index in [9.17, 15) is 9.18 Å². The predicted octanol–water partition coefficient (Wildman–Crippen LogP) is 1.91. The minimum absolute atomic E-state index is 0.0423. The smallest absolute Gasteiger partial charge is 0.357 e. The first-order valence-electron chi connectivity index (χ1n) is 5.47. The van der Waals surface area contributed by atoms with Crippen LogP contribution in [0.15, 0.2) is 30.6 Å². The molecule has 0 unspecified atom stereocenters. The summed E-state index contributed by atoms with van der Waals surface area (Å²) in [4.78, 5) is 18.0. The van der Waals surface area contributed by atoms with Gasteiger partial charge in [0.25, 0.3) is 0 Å². The molecule has 0 aliphatic rings. The average Bonchev–Trinajstić information content (AvgIpc) is 2.41.